The van der Waals surface area contributed by atoms with Crippen LogP contribution >= 0.6 is 0 Å². The van der Waals surface area contributed by atoms with Gasteiger partial charge >= 0.3 is 0 Å². The monoisotopic (exact) mass is 339 g/mol. The molecule has 0 aliphatic rings. The van der Waals surface area contributed by atoms with Crippen LogP contribution in [0.5, 0.6) is 5.75 Å². The fraction of sp³-hybridized carbons (Fsp3) is 0.409. The molecule has 0 aliphatic carbocycles. The number of anilines is 1. The molecule has 0 saturated carbocycles. The zero-order chi connectivity index (χ0) is 18.6. The van der Waals surface area contributed by atoms with E-state index in [9.17, 15) is 4.79 Å². The topological polar surface area (TPSA) is 38.3 Å². The summed E-state index contributed by atoms with van der Waals surface area (Å²) in [5.74, 6) is 1.10. The van der Waals surface area contributed by atoms with Gasteiger partial charge in [0.25, 0.3) is 5.91 Å². The lowest BCUT2D eigenvalue weighted by molar-refractivity contribution is -0.118. The Bertz CT molecular complexity index is 725. The summed E-state index contributed by atoms with van der Waals surface area (Å²) in [6, 6.07) is 14.1. The van der Waals surface area contributed by atoms with Crippen molar-refractivity contribution in [1.82, 2.24) is 0 Å². The summed E-state index contributed by atoms with van der Waals surface area (Å²) in [4.78, 5) is 12.2. The summed E-state index contributed by atoms with van der Waals surface area (Å²) in [7, 11) is 0. The van der Waals surface area contributed by atoms with Gasteiger partial charge in [0.05, 0.1) is 0 Å². The Morgan fingerprint density at radius 1 is 1.08 bits per heavy atom. The van der Waals surface area contributed by atoms with Crippen LogP contribution in [0, 0.1) is 6.92 Å². The van der Waals surface area contributed by atoms with E-state index in [2.05, 4.69) is 52.1 Å². The molecule has 0 bridgehead atoms. The maximum atomic E-state index is 12.2. The van der Waals surface area contributed by atoms with Gasteiger partial charge < -0.3 is 10.1 Å². The Morgan fingerprint density at radius 3 is 2.28 bits per heavy atom. The third-order valence-electron chi connectivity index (χ3n) is 4.17. The molecule has 0 spiro atoms. The SMILES string of the molecule is Cc1ccc(C(C)(C)C)c(OCC(=O)Nc2ccc(C(C)C)cc2)c1. The number of rotatable bonds is 5. The highest BCUT2D eigenvalue weighted by molar-refractivity contribution is 5.91. The number of hydrogen-bond acceptors (Lipinski definition) is 2. The van der Waals surface area contributed by atoms with E-state index >= 15 is 0 Å². The minimum absolute atomic E-state index is 0.00152. The maximum absolute atomic E-state index is 12.2. The van der Waals surface area contributed by atoms with Crippen molar-refractivity contribution in [2.45, 2.75) is 52.9 Å². The summed E-state index contributed by atoms with van der Waals surface area (Å²) in [5, 5.41) is 2.89. The molecule has 1 N–H and O–H groups in total. The third kappa shape index (κ3) is 5.35. The number of carbonyl (C=O) groups excluding carboxylic acids is 1. The first-order chi connectivity index (χ1) is 11.7. The van der Waals surface area contributed by atoms with Crippen molar-refractivity contribution in [3.05, 3.63) is 59.2 Å². The highest BCUT2D eigenvalue weighted by Gasteiger charge is 2.19. The van der Waals surface area contributed by atoms with Gasteiger partial charge in [-0.15, -0.1) is 0 Å². The van der Waals surface area contributed by atoms with Gasteiger partial charge in [0.15, 0.2) is 6.61 Å². The lowest BCUT2D eigenvalue weighted by atomic mass is 9.86. The molecular weight excluding hydrogens is 310 g/mol. The minimum Gasteiger partial charge on any atom is -0.483 e. The van der Waals surface area contributed by atoms with E-state index in [1.165, 1.54) is 5.56 Å². The van der Waals surface area contributed by atoms with Crippen molar-refractivity contribution in [3.8, 4) is 5.75 Å². The van der Waals surface area contributed by atoms with Crippen LogP contribution in [0.2, 0.25) is 0 Å². The second-order valence-electron chi connectivity index (χ2n) is 7.86. The van der Waals surface area contributed by atoms with Crippen molar-refractivity contribution in [2.24, 2.45) is 0 Å². The fourth-order valence-electron chi connectivity index (χ4n) is 2.66. The number of benzene rings is 2. The molecular formula is C22H29NO2. The molecule has 0 unspecified atom stereocenters. The van der Waals surface area contributed by atoms with E-state index in [1.54, 1.807) is 0 Å². The van der Waals surface area contributed by atoms with Gasteiger partial charge in [-0.25, -0.2) is 0 Å². The highest BCUT2D eigenvalue weighted by atomic mass is 16.5. The van der Waals surface area contributed by atoms with E-state index in [4.69, 9.17) is 4.74 Å². The van der Waals surface area contributed by atoms with Crippen LogP contribution in [0.15, 0.2) is 42.5 Å². The number of hydrogen-bond donors (Lipinski definition) is 1. The number of nitrogens with one attached hydrogen (secondary N) is 1. The molecule has 134 valence electrons. The van der Waals surface area contributed by atoms with E-state index in [-0.39, 0.29) is 17.9 Å². The molecule has 2 rings (SSSR count). The quantitative estimate of drug-likeness (QED) is 0.788. The van der Waals surface area contributed by atoms with Crippen molar-refractivity contribution in [2.75, 3.05) is 11.9 Å². The summed E-state index contributed by atoms with van der Waals surface area (Å²) in [6.07, 6.45) is 0. The van der Waals surface area contributed by atoms with Gasteiger partial charge in [0, 0.05) is 5.69 Å². The van der Waals surface area contributed by atoms with E-state index < -0.39 is 0 Å². The van der Waals surface area contributed by atoms with Crippen molar-refractivity contribution < 1.29 is 9.53 Å². The van der Waals surface area contributed by atoms with Crippen LogP contribution in [0.1, 0.15) is 57.2 Å². The van der Waals surface area contributed by atoms with Crippen LogP contribution in [0.3, 0.4) is 0 Å². The summed E-state index contributed by atoms with van der Waals surface area (Å²) in [5.41, 5.74) is 4.23. The van der Waals surface area contributed by atoms with Gasteiger partial charge in [-0.2, -0.15) is 0 Å². The standard InChI is InChI=1S/C22H29NO2/c1-15(2)17-8-10-18(11-9-17)23-21(24)14-25-20-13-16(3)7-12-19(20)22(4,5)6/h7-13,15H,14H2,1-6H3,(H,23,24). The Hall–Kier alpha value is -2.29. The van der Waals surface area contributed by atoms with Crippen LogP contribution in [-0.4, -0.2) is 12.5 Å². The van der Waals surface area contributed by atoms with Gasteiger partial charge in [-0.3, -0.25) is 4.79 Å². The molecule has 2 aromatic rings. The molecule has 0 saturated heterocycles. The maximum Gasteiger partial charge on any atom is 0.262 e. The lowest BCUT2D eigenvalue weighted by Gasteiger charge is -2.23. The second kappa shape index (κ2) is 7.73. The lowest BCUT2D eigenvalue weighted by Crippen LogP contribution is -2.22. The van der Waals surface area contributed by atoms with Gasteiger partial charge in [0.2, 0.25) is 0 Å². The first kappa shape index (κ1) is 19.0. The van der Waals surface area contributed by atoms with E-state index in [0.29, 0.717) is 5.92 Å². The molecule has 0 heterocycles. The molecule has 0 atom stereocenters. The van der Waals surface area contributed by atoms with E-state index in [0.717, 1.165) is 22.6 Å². The summed E-state index contributed by atoms with van der Waals surface area (Å²) >= 11 is 0. The predicted molar refractivity (Wildman–Crippen MR) is 105 cm³/mol. The third-order valence-corrected chi connectivity index (χ3v) is 4.17. The smallest absolute Gasteiger partial charge is 0.262 e. The summed E-state index contributed by atoms with van der Waals surface area (Å²) < 4.78 is 5.83. The molecule has 2 aromatic carbocycles. The largest absolute Gasteiger partial charge is 0.483 e. The average molecular weight is 339 g/mol. The Morgan fingerprint density at radius 2 is 1.72 bits per heavy atom. The van der Waals surface area contributed by atoms with Gasteiger partial charge in [0.1, 0.15) is 5.75 Å². The first-order valence-electron chi connectivity index (χ1n) is 8.80. The summed E-state index contributed by atoms with van der Waals surface area (Å²) in [6.45, 7) is 12.7. The number of amides is 1. The Balaban J connectivity index is 2.01. The number of aryl methyl sites for hydroxylation is 1. The Labute approximate surface area is 151 Å². The molecule has 0 radical (unpaired) electrons. The predicted octanol–water partition coefficient (Wildman–Crippen LogP) is 5.43. The minimum atomic E-state index is -0.154. The van der Waals surface area contributed by atoms with Crippen LogP contribution < -0.4 is 10.1 Å². The zero-order valence-corrected chi connectivity index (χ0v) is 16.1. The van der Waals surface area contributed by atoms with Gasteiger partial charge in [-0.1, -0.05) is 58.9 Å². The van der Waals surface area contributed by atoms with E-state index in [1.807, 2.05) is 37.3 Å². The zero-order valence-electron chi connectivity index (χ0n) is 16.1. The highest BCUT2D eigenvalue weighted by Crippen LogP contribution is 2.32. The van der Waals surface area contributed by atoms with Crippen molar-refractivity contribution >= 4 is 11.6 Å². The van der Waals surface area contributed by atoms with Crippen LogP contribution in [-0.2, 0) is 10.2 Å². The molecule has 0 aliphatic heterocycles. The van der Waals surface area contributed by atoms with Crippen LogP contribution in [0.25, 0.3) is 0 Å². The molecule has 3 nitrogen and oxygen atoms in total. The molecule has 25 heavy (non-hydrogen) atoms. The normalized spacial score (nSPS) is 11.5. The molecule has 0 aromatic heterocycles. The number of carbonyl (C=O) groups is 1. The molecule has 0 fully saturated rings. The fourth-order valence-corrected chi connectivity index (χ4v) is 2.66. The average Bonchev–Trinajstić information content (AvgIpc) is 2.52. The Kier molecular flexibility index (Phi) is 5.89. The van der Waals surface area contributed by atoms with Crippen LogP contribution in [0.4, 0.5) is 5.69 Å². The van der Waals surface area contributed by atoms with Crippen molar-refractivity contribution in [3.63, 3.8) is 0 Å². The van der Waals surface area contributed by atoms with Crippen molar-refractivity contribution in [1.29, 1.82) is 0 Å². The van der Waals surface area contributed by atoms with Gasteiger partial charge in [-0.05, 0) is 53.1 Å². The first-order valence-corrected chi connectivity index (χ1v) is 8.80. The number of ether oxygens (including phenoxy) is 1. The molecule has 3 heteroatoms. The second-order valence-corrected chi connectivity index (χ2v) is 7.86. The molecule has 1 amide bonds.